The Morgan fingerprint density at radius 1 is 0.625 bits per heavy atom. The normalized spacial score (nSPS) is 11.9. The number of benzene rings is 2. The summed E-state index contributed by atoms with van der Waals surface area (Å²) in [5, 5.41) is 3.51. The molecule has 0 atom stereocenters. The van der Waals surface area contributed by atoms with Gasteiger partial charge in [-0.2, -0.15) is 26.3 Å². The minimum atomic E-state index is -5.08. The minimum Gasteiger partial charge on any atom is -0.317 e. The Kier molecular flexibility index (Phi) is 9.46. The van der Waals surface area contributed by atoms with E-state index in [1.165, 1.54) is 24.3 Å². The highest BCUT2D eigenvalue weighted by atomic mass is 79.9. The van der Waals surface area contributed by atoms with E-state index in [0.717, 1.165) is 21.6 Å². The number of anilines is 2. The van der Waals surface area contributed by atoms with Gasteiger partial charge in [0.1, 0.15) is 0 Å². The van der Waals surface area contributed by atoms with Crippen LogP contribution < -0.4 is 10.6 Å². The van der Waals surface area contributed by atoms with Crippen LogP contribution in [-0.2, 0) is 9.59 Å². The van der Waals surface area contributed by atoms with Crippen LogP contribution in [-0.4, -0.2) is 24.2 Å². The lowest BCUT2D eigenvalue weighted by Crippen LogP contribution is -2.30. The molecule has 2 rings (SSSR count). The van der Waals surface area contributed by atoms with Gasteiger partial charge >= 0.3 is 24.2 Å². The molecule has 2 amide bonds. The highest BCUT2D eigenvalue weighted by molar-refractivity contribution is 9.11. The number of hydrogen-bond acceptors (Lipinski definition) is 4. The van der Waals surface area contributed by atoms with E-state index in [0.29, 0.717) is 18.7 Å². The summed E-state index contributed by atoms with van der Waals surface area (Å²) < 4.78 is 76.6. The van der Waals surface area contributed by atoms with Crippen molar-refractivity contribution in [2.75, 3.05) is 10.6 Å². The fourth-order valence-electron chi connectivity index (χ4n) is 1.85. The number of rotatable bonds is 5. The van der Waals surface area contributed by atoms with Crippen LogP contribution in [0.25, 0.3) is 0 Å². The molecule has 0 aliphatic heterocycles. The molecule has 0 aromatic heterocycles. The van der Waals surface area contributed by atoms with Crippen LogP contribution in [0, 0.1) is 0 Å². The van der Waals surface area contributed by atoms with Crippen LogP contribution in [0.5, 0.6) is 0 Å². The molecule has 0 heterocycles. The predicted molar refractivity (Wildman–Crippen MR) is 125 cm³/mol. The molecule has 174 valence electrons. The predicted octanol–water partition coefficient (Wildman–Crippen LogP) is 8.54. The van der Waals surface area contributed by atoms with Crippen molar-refractivity contribution in [1.82, 2.24) is 0 Å². The van der Waals surface area contributed by atoms with Gasteiger partial charge in [-0.1, -0.05) is 21.6 Å². The van der Waals surface area contributed by atoms with Crippen LogP contribution in [0.1, 0.15) is 0 Å². The van der Waals surface area contributed by atoms with E-state index in [4.69, 9.17) is 0 Å². The number of carbonyl (C=O) groups is 2. The van der Waals surface area contributed by atoms with Crippen LogP contribution >= 0.6 is 85.3 Å². The molecular weight excluding hydrogens is 750 g/mol. The van der Waals surface area contributed by atoms with Gasteiger partial charge in [-0.25, -0.2) is 0 Å². The molecule has 0 aliphatic carbocycles. The van der Waals surface area contributed by atoms with Crippen LogP contribution in [0.2, 0.25) is 0 Å². The number of amides is 2. The maximum Gasteiger partial charge on any atom is 0.471 e. The van der Waals surface area contributed by atoms with Gasteiger partial charge in [0.2, 0.25) is 0 Å². The van der Waals surface area contributed by atoms with Crippen LogP contribution in [0.15, 0.2) is 51.9 Å². The second kappa shape index (κ2) is 10.9. The van der Waals surface area contributed by atoms with E-state index < -0.39 is 24.2 Å². The van der Waals surface area contributed by atoms with Gasteiger partial charge in [0, 0.05) is 27.7 Å². The van der Waals surface area contributed by atoms with E-state index in [1.807, 2.05) is 0 Å². The molecule has 0 saturated carbocycles. The quantitative estimate of drug-likeness (QED) is 0.238. The molecule has 0 fully saturated rings. The molecule has 2 aromatic rings. The van der Waals surface area contributed by atoms with Crippen molar-refractivity contribution in [1.29, 1.82) is 0 Å². The van der Waals surface area contributed by atoms with Crippen LogP contribution in [0.4, 0.5) is 37.7 Å². The Hall–Kier alpha value is -0.420. The average molecular weight is 756 g/mol. The third-order valence-electron chi connectivity index (χ3n) is 3.28. The summed E-state index contributed by atoms with van der Waals surface area (Å²) >= 11 is 12.7. The molecule has 0 aliphatic rings. The summed E-state index contributed by atoms with van der Waals surface area (Å²) in [6, 6.07) is 5.43. The molecule has 2 aromatic carbocycles. The zero-order valence-corrected chi connectivity index (χ0v) is 22.7. The second-order valence-electron chi connectivity index (χ2n) is 5.60. The van der Waals surface area contributed by atoms with E-state index in [2.05, 4.69) is 63.7 Å². The van der Waals surface area contributed by atoms with Crippen molar-refractivity contribution in [2.24, 2.45) is 0 Å². The standard InChI is InChI=1S/C16H6Br4F6N2O2S2/c17-5-1-7(19)11(3-9(5)27-13(29)15(21,22)23)31-32-12-4-10(6(18)2-8(12)20)28-14(30)16(24,25)26/h1-4H,(H,27,29)(H,28,30). The summed E-state index contributed by atoms with van der Waals surface area (Å²) in [7, 11) is 2.09. The minimum absolute atomic E-state index is 0.133. The van der Waals surface area contributed by atoms with Crippen LogP contribution in [0.3, 0.4) is 0 Å². The third kappa shape index (κ3) is 7.55. The molecule has 2 N–H and O–H groups in total. The van der Waals surface area contributed by atoms with E-state index in [9.17, 15) is 35.9 Å². The number of carbonyl (C=O) groups excluding carboxylic acids is 2. The second-order valence-corrected chi connectivity index (χ2v) is 11.2. The first-order valence-corrected chi connectivity index (χ1v) is 13.0. The molecule has 32 heavy (non-hydrogen) atoms. The first-order valence-electron chi connectivity index (χ1n) is 7.68. The van der Waals surface area contributed by atoms with Gasteiger partial charge in [-0.3, -0.25) is 9.59 Å². The summed E-state index contributed by atoms with van der Waals surface area (Å²) in [5.41, 5.74) is -0.266. The van der Waals surface area contributed by atoms with Gasteiger partial charge < -0.3 is 10.6 Å². The van der Waals surface area contributed by atoms with Crippen molar-refractivity contribution in [2.45, 2.75) is 22.1 Å². The molecule has 0 spiro atoms. The Balaban J connectivity index is 2.26. The smallest absolute Gasteiger partial charge is 0.317 e. The lowest BCUT2D eigenvalue weighted by molar-refractivity contribution is -0.167. The first-order chi connectivity index (χ1) is 14.6. The molecule has 0 unspecified atom stereocenters. The number of nitrogens with one attached hydrogen (secondary N) is 2. The van der Waals surface area contributed by atoms with Gasteiger partial charge in [-0.15, -0.1) is 0 Å². The Labute approximate surface area is 217 Å². The largest absolute Gasteiger partial charge is 0.471 e. The van der Waals surface area contributed by atoms with Crippen molar-refractivity contribution in [3.8, 4) is 0 Å². The van der Waals surface area contributed by atoms with E-state index >= 15 is 0 Å². The summed E-state index contributed by atoms with van der Waals surface area (Å²) in [6.07, 6.45) is -10.2. The highest BCUT2D eigenvalue weighted by Gasteiger charge is 2.39. The van der Waals surface area contributed by atoms with Crippen molar-refractivity contribution < 1.29 is 35.9 Å². The monoisotopic (exact) mass is 752 g/mol. The van der Waals surface area contributed by atoms with Gasteiger partial charge in [0.15, 0.2) is 0 Å². The summed E-state index contributed by atoms with van der Waals surface area (Å²) in [4.78, 5) is 23.3. The van der Waals surface area contributed by atoms with E-state index in [1.54, 1.807) is 10.6 Å². The van der Waals surface area contributed by atoms with Gasteiger partial charge in [0.25, 0.3) is 0 Å². The molecule has 4 nitrogen and oxygen atoms in total. The van der Waals surface area contributed by atoms with Crippen molar-refractivity contribution in [3.05, 3.63) is 42.2 Å². The summed E-state index contributed by atoms with van der Waals surface area (Å²) in [5.74, 6) is -4.30. The fraction of sp³-hybridized carbons (Fsp3) is 0.125. The maximum atomic E-state index is 12.5. The fourth-order valence-corrected chi connectivity index (χ4v) is 7.32. The molecule has 16 heteroatoms. The third-order valence-corrected chi connectivity index (χ3v) is 8.87. The molecule has 0 bridgehead atoms. The van der Waals surface area contributed by atoms with Gasteiger partial charge in [0.05, 0.1) is 11.4 Å². The first kappa shape index (κ1) is 27.8. The summed E-state index contributed by atoms with van der Waals surface area (Å²) in [6.45, 7) is 0. The zero-order chi connectivity index (χ0) is 24.4. The Morgan fingerprint density at radius 2 is 0.938 bits per heavy atom. The van der Waals surface area contributed by atoms with Crippen molar-refractivity contribution in [3.63, 3.8) is 0 Å². The highest BCUT2D eigenvalue weighted by Crippen LogP contribution is 2.47. The SMILES string of the molecule is O=C(Nc1cc(SSc2cc(NC(=O)C(F)(F)F)c(Br)cc2Br)c(Br)cc1Br)C(F)(F)F. The average Bonchev–Trinajstić information content (AvgIpc) is 2.64. The lowest BCUT2D eigenvalue weighted by atomic mass is 10.3. The number of hydrogen-bond donors (Lipinski definition) is 2. The molecule has 0 saturated heterocycles. The van der Waals surface area contributed by atoms with Gasteiger partial charge in [-0.05, 0) is 88.0 Å². The topological polar surface area (TPSA) is 58.2 Å². The molecule has 0 radical (unpaired) electrons. The lowest BCUT2D eigenvalue weighted by Gasteiger charge is -2.14. The number of halogens is 10. The van der Waals surface area contributed by atoms with Crippen molar-refractivity contribution >= 4 is 108 Å². The Morgan fingerprint density at radius 3 is 1.22 bits per heavy atom. The Bertz CT molecular complexity index is 983. The maximum absolute atomic E-state index is 12.5. The van der Waals surface area contributed by atoms with E-state index in [-0.39, 0.29) is 20.3 Å². The zero-order valence-electron chi connectivity index (χ0n) is 14.7. The number of alkyl halides is 6. The molecular formula is C16H6Br4F6N2O2S2.